The number of hydrogen-bond acceptors (Lipinski definition) is 6. The molecule has 0 radical (unpaired) electrons. The van der Waals surface area contributed by atoms with E-state index in [1.165, 1.54) is 20.3 Å². The average molecular weight is 541 g/mol. The number of urea groups is 1. The molecule has 2 aliphatic rings. The van der Waals surface area contributed by atoms with Crippen molar-refractivity contribution in [2.24, 2.45) is 4.99 Å². The minimum absolute atomic E-state index is 0.0685. The number of alkyl halides is 3. The number of amidine groups is 1. The number of nitrogens with one attached hydrogen (secondary N) is 1. The van der Waals surface area contributed by atoms with Crippen molar-refractivity contribution in [1.82, 2.24) is 9.80 Å². The molecule has 2 heterocycles. The van der Waals surface area contributed by atoms with Crippen LogP contribution in [0, 0.1) is 0 Å². The van der Waals surface area contributed by atoms with E-state index in [0.717, 1.165) is 12.1 Å². The van der Waals surface area contributed by atoms with Gasteiger partial charge in [0.05, 0.1) is 31.0 Å². The Hall–Kier alpha value is -4.41. The maximum Gasteiger partial charge on any atom is 0.416 e. The Morgan fingerprint density at radius 1 is 1.03 bits per heavy atom. The Morgan fingerprint density at radius 3 is 2.51 bits per heavy atom. The van der Waals surface area contributed by atoms with Gasteiger partial charge in [-0.25, -0.2) is 9.79 Å². The number of benzene rings is 3. The molecule has 39 heavy (non-hydrogen) atoms. The van der Waals surface area contributed by atoms with Gasteiger partial charge < -0.3 is 29.3 Å². The Labute approximate surface area is 223 Å². The van der Waals surface area contributed by atoms with Gasteiger partial charge in [0.1, 0.15) is 28.8 Å². The Morgan fingerprint density at radius 2 is 1.79 bits per heavy atom. The second kappa shape index (κ2) is 10.4. The first-order valence-corrected chi connectivity index (χ1v) is 12.3. The first-order valence-electron chi connectivity index (χ1n) is 12.3. The minimum atomic E-state index is -4.53. The molecule has 5 rings (SSSR count). The van der Waals surface area contributed by atoms with Crippen molar-refractivity contribution in [3.8, 4) is 23.0 Å². The predicted octanol–water partition coefficient (Wildman–Crippen LogP) is 6.14. The number of hydrogen-bond donors (Lipinski definition) is 1. The van der Waals surface area contributed by atoms with Gasteiger partial charge in [-0.05, 0) is 55.5 Å². The second-order valence-corrected chi connectivity index (χ2v) is 9.20. The summed E-state index contributed by atoms with van der Waals surface area (Å²) < 4.78 is 57.2. The molecule has 2 amide bonds. The molecule has 1 saturated heterocycles. The molecule has 0 saturated carbocycles. The fourth-order valence-electron chi connectivity index (χ4n) is 4.69. The van der Waals surface area contributed by atoms with Crippen LogP contribution in [0.5, 0.6) is 23.0 Å². The minimum Gasteiger partial charge on any atom is -0.497 e. The highest BCUT2D eigenvalue weighted by molar-refractivity contribution is 6.04. The summed E-state index contributed by atoms with van der Waals surface area (Å²) in [6, 6.07) is 15.0. The van der Waals surface area contributed by atoms with Gasteiger partial charge in [-0.15, -0.1) is 0 Å². The smallest absolute Gasteiger partial charge is 0.416 e. The highest BCUT2D eigenvalue weighted by atomic mass is 19.4. The van der Waals surface area contributed by atoms with Crippen LogP contribution in [0.4, 0.5) is 29.3 Å². The third-order valence-corrected chi connectivity index (χ3v) is 6.70. The zero-order chi connectivity index (χ0) is 27.7. The van der Waals surface area contributed by atoms with E-state index >= 15 is 0 Å². The quantitative estimate of drug-likeness (QED) is 0.432. The van der Waals surface area contributed by atoms with Crippen LogP contribution in [0.3, 0.4) is 0 Å². The van der Waals surface area contributed by atoms with E-state index in [1.807, 2.05) is 17.9 Å². The largest absolute Gasteiger partial charge is 0.497 e. The standard InChI is InChI=1S/C28H27F3N4O4/c1-17-16-34(12-13-35(17)27(36)33-21-6-4-5-7-24(21)38-3)26-20-15-19(37-2)9-11-23(20)39-25-10-8-18(28(29,30)31)14-22(25)32-26/h4-11,14-15,17H,12-13,16H2,1-3H3,(H,33,36). The number of ether oxygens (including phenoxy) is 3. The topological polar surface area (TPSA) is 75.6 Å². The van der Waals surface area contributed by atoms with E-state index < -0.39 is 11.7 Å². The summed E-state index contributed by atoms with van der Waals surface area (Å²) in [5.74, 6) is 2.20. The van der Waals surface area contributed by atoms with E-state index in [2.05, 4.69) is 10.3 Å². The zero-order valence-corrected chi connectivity index (χ0v) is 21.6. The number of nitrogens with zero attached hydrogens (tertiary/aromatic N) is 3. The molecule has 8 nitrogen and oxygen atoms in total. The number of aliphatic imine (C=N–C) groups is 1. The highest BCUT2D eigenvalue weighted by Gasteiger charge is 2.34. The maximum absolute atomic E-state index is 13.5. The normalized spacial score (nSPS) is 16.8. The molecule has 3 aromatic rings. The molecule has 0 spiro atoms. The van der Waals surface area contributed by atoms with Crippen molar-refractivity contribution >= 4 is 23.2 Å². The number of rotatable bonds is 3. The van der Waals surface area contributed by atoms with Crippen LogP contribution in [0.15, 0.2) is 65.7 Å². The number of carbonyl (C=O) groups excluding carboxylic acids is 1. The lowest BCUT2D eigenvalue weighted by molar-refractivity contribution is -0.137. The first kappa shape index (κ1) is 26.2. The van der Waals surface area contributed by atoms with E-state index in [0.29, 0.717) is 54.0 Å². The SMILES string of the molecule is COc1ccc2c(c1)C(N1CCN(C(=O)Nc3ccccc3OC)C(C)C1)=Nc1cc(C(F)(F)F)ccc1O2. The van der Waals surface area contributed by atoms with Crippen molar-refractivity contribution in [2.75, 3.05) is 39.2 Å². The van der Waals surface area contributed by atoms with E-state index in [4.69, 9.17) is 14.2 Å². The molecule has 3 aromatic carbocycles. The van der Waals surface area contributed by atoms with Crippen molar-refractivity contribution in [3.05, 3.63) is 71.8 Å². The van der Waals surface area contributed by atoms with Crippen molar-refractivity contribution in [3.63, 3.8) is 0 Å². The lowest BCUT2D eigenvalue weighted by atomic mass is 10.1. The number of amides is 2. The lowest BCUT2D eigenvalue weighted by Gasteiger charge is -2.41. The molecule has 1 N–H and O–H groups in total. The molecule has 1 fully saturated rings. The van der Waals surface area contributed by atoms with Gasteiger partial charge in [0, 0.05) is 25.7 Å². The van der Waals surface area contributed by atoms with E-state index in [-0.39, 0.29) is 23.5 Å². The zero-order valence-electron chi connectivity index (χ0n) is 21.6. The first-order chi connectivity index (χ1) is 18.7. The Bertz CT molecular complexity index is 1430. The number of para-hydroxylation sites is 2. The number of halogens is 3. The molecule has 11 heteroatoms. The summed E-state index contributed by atoms with van der Waals surface area (Å²) >= 11 is 0. The molecule has 1 atom stereocenters. The van der Waals surface area contributed by atoms with E-state index in [1.54, 1.807) is 41.3 Å². The molecular weight excluding hydrogens is 513 g/mol. The molecule has 0 aromatic heterocycles. The van der Waals surface area contributed by atoms with E-state index in [9.17, 15) is 18.0 Å². The summed E-state index contributed by atoms with van der Waals surface area (Å²) in [4.78, 5) is 21.5. The summed E-state index contributed by atoms with van der Waals surface area (Å²) in [5, 5.41) is 2.90. The molecule has 0 bridgehead atoms. The van der Waals surface area contributed by atoms with Gasteiger partial charge >= 0.3 is 12.2 Å². The van der Waals surface area contributed by atoms with Gasteiger partial charge in [-0.3, -0.25) is 0 Å². The fraction of sp³-hybridized carbons (Fsp3) is 0.286. The summed E-state index contributed by atoms with van der Waals surface area (Å²) in [6.07, 6.45) is -4.53. The number of methoxy groups -OCH3 is 2. The van der Waals surface area contributed by atoms with Crippen LogP contribution in [0.2, 0.25) is 0 Å². The highest BCUT2D eigenvalue weighted by Crippen LogP contribution is 2.42. The van der Waals surface area contributed by atoms with Crippen LogP contribution >= 0.6 is 0 Å². The third kappa shape index (κ3) is 5.29. The van der Waals surface area contributed by atoms with Crippen LogP contribution < -0.4 is 19.5 Å². The van der Waals surface area contributed by atoms with Crippen molar-refractivity contribution in [1.29, 1.82) is 0 Å². The monoisotopic (exact) mass is 540 g/mol. The maximum atomic E-state index is 13.5. The van der Waals surface area contributed by atoms with Gasteiger partial charge in [0.15, 0.2) is 5.75 Å². The van der Waals surface area contributed by atoms with Crippen LogP contribution in [-0.2, 0) is 6.18 Å². The lowest BCUT2D eigenvalue weighted by Crippen LogP contribution is -2.56. The summed E-state index contributed by atoms with van der Waals surface area (Å²) in [7, 11) is 3.06. The van der Waals surface area contributed by atoms with Gasteiger partial charge in [-0.2, -0.15) is 13.2 Å². The second-order valence-electron chi connectivity index (χ2n) is 9.20. The number of fused-ring (bicyclic) bond motifs is 2. The van der Waals surface area contributed by atoms with Gasteiger partial charge in [0.25, 0.3) is 0 Å². The van der Waals surface area contributed by atoms with Crippen LogP contribution in [0.25, 0.3) is 0 Å². The van der Waals surface area contributed by atoms with Crippen molar-refractivity contribution < 1.29 is 32.2 Å². The Kier molecular flexibility index (Phi) is 6.98. The molecule has 2 aliphatic heterocycles. The van der Waals surface area contributed by atoms with Gasteiger partial charge in [0.2, 0.25) is 0 Å². The number of anilines is 1. The molecule has 204 valence electrons. The fourth-order valence-corrected chi connectivity index (χ4v) is 4.69. The third-order valence-electron chi connectivity index (χ3n) is 6.70. The number of piperazine rings is 1. The summed E-state index contributed by atoms with van der Waals surface area (Å²) in [6.45, 7) is 3.05. The van der Waals surface area contributed by atoms with Crippen molar-refractivity contribution in [2.45, 2.75) is 19.1 Å². The summed E-state index contributed by atoms with van der Waals surface area (Å²) in [5.41, 5.74) is 0.392. The molecule has 1 unspecified atom stereocenters. The van der Waals surface area contributed by atoms with Gasteiger partial charge in [-0.1, -0.05) is 12.1 Å². The molecular formula is C28H27F3N4O4. The number of carbonyl (C=O) groups is 1. The molecule has 0 aliphatic carbocycles. The Balaban J connectivity index is 1.45. The predicted molar refractivity (Wildman–Crippen MR) is 140 cm³/mol. The average Bonchev–Trinajstić information content (AvgIpc) is 3.08. The van der Waals surface area contributed by atoms with Crippen LogP contribution in [-0.4, -0.2) is 61.6 Å². The van der Waals surface area contributed by atoms with Crippen LogP contribution in [0.1, 0.15) is 18.1 Å².